The highest BCUT2D eigenvalue weighted by Crippen LogP contribution is 2.28. The van der Waals surface area contributed by atoms with Crippen LogP contribution in [0.5, 0.6) is 0 Å². The summed E-state index contributed by atoms with van der Waals surface area (Å²) in [5.74, 6) is -0.898. The fourth-order valence-electron chi connectivity index (χ4n) is 2.12. The Balaban J connectivity index is 2.94. The van der Waals surface area contributed by atoms with Crippen molar-refractivity contribution >= 4 is 0 Å². The zero-order valence-corrected chi connectivity index (χ0v) is 12.4. The molecule has 0 spiro atoms. The highest BCUT2D eigenvalue weighted by Gasteiger charge is 2.29. The Morgan fingerprint density at radius 3 is 2.21 bits per heavy atom. The summed E-state index contributed by atoms with van der Waals surface area (Å²) < 4.78 is 27.5. The average molecular weight is 269 g/mol. The van der Waals surface area contributed by atoms with Crippen molar-refractivity contribution in [3.05, 3.63) is 35.4 Å². The van der Waals surface area contributed by atoms with E-state index in [1.165, 1.54) is 18.2 Å². The molecular formula is C16H25F2N. The second-order valence-electron chi connectivity index (χ2n) is 5.75. The van der Waals surface area contributed by atoms with Gasteiger partial charge in [0.2, 0.25) is 0 Å². The van der Waals surface area contributed by atoms with E-state index in [9.17, 15) is 8.78 Å². The van der Waals surface area contributed by atoms with Crippen molar-refractivity contribution in [1.82, 2.24) is 5.32 Å². The van der Waals surface area contributed by atoms with Crippen LogP contribution in [0.2, 0.25) is 0 Å². The summed E-state index contributed by atoms with van der Waals surface area (Å²) in [6.45, 7) is 9.34. The predicted molar refractivity (Wildman–Crippen MR) is 76.2 cm³/mol. The highest BCUT2D eigenvalue weighted by atomic mass is 19.1. The van der Waals surface area contributed by atoms with E-state index in [1.54, 1.807) is 0 Å². The number of hydrogen-bond acceptors (Lipinski definition) is 1. The molecule has 0 aliphatic rings. The molecule has 3 heteroatoms. The van der Waals surface area contributed by atoms with Crippen LogP contribution in [0, 0.1) is 17.0 Å². The molecule has 19 heavy (non-hydrogen) atoms. The SMILES string of the molecule is CCCNC(Cc1c(F)cccc1F)C(C)(C)CC. The van der Waals surface area contributed by atoms with Crippen LogP contribution in [-0.2, 0) is 6.42 Å². The van der Waals surface area contributed by atoms with Gasteiger partial charge >= 0.3 is 0 Å². The second kappa shape index (κ2) is 6.99. The summed E-state index contributed by atoms with van der Waals surface area (Å²) in [6, 6.07) is 4.14. The van der Waals surface area contributed by atoms with Crippen molar-refractivity contribution < 1.29 is 8.78 Å². The standard InChI is InChI=1S/C16H25F2N/c1-5-10-19-15(16(3,4)6-2)11-12-13(17)8-7-9-14(12)18/h7-9,15,19H,5-6,10-11H2,1-4H3. The minimum absolute atomic E-state index is 0.00386. The summed E-state index contributed by atoms with van der Waals surface area (Å²) in [4.78, 5) is 0. The maximum absolute atomic E-state index is 13.8. The van der Waals surface area contributed by atoms with E-state index < -0.39 is 11.6 Å². The fraction of sp³-hybridized carbons (Fsp3) is 0.625. The van der Waals surface area contributed by atoms with Gasteiger partial charge in [0.05, 0.1) is 0 Å². The Morgan fingerprint density at radius 2 is 1.74 bits per heavy atom. The van der Waals surface area contributed by atoms with Crippen molar-refractivity contribution in [1.29, 1.82) is 0 Å². The third kappa shape index (κ3) is 4.27. The van der Waals surface area contributed by atoms with Crippen molar-refractivity contribution in [2.24, 2.45) is 5.41 Å². The van der Waals surface area contributed by atoms with E-state index in [2.05, 4.69) is 33.0 Å². The Morgan fingerprint density at radius 1 is 1.16 bits per heavy atom. The first kappa shape index (κ1) is 16.1. The van der Waals surface area contributed by atoms with E-state index in [-0.39, 0.29) is 17.0 Å². The first-order valence-corrected chi connectivity index (χ1v) is 7.08. The number of benzene rings is 1. The molecule has 0 fully saturated rings. The molecular weight excluding hydrogens is 244 g/mol. The molecule has 0 radical (unpaired) electrons. The van der Waals surface area contributed by atoms with Gasteiger partial charge in [0, 0.05) is 11.6 Å². The van der Waals surface area contributed by atoms with Crippen LogP contribution in [0.15, 0.2) is 18.2 Å². The van der Waals surface area contributed by atoms with Crippen molar-refractivity contribution in [2.45, 2.75) is 53.0 Å². The molecule has 0 amide bonds. The zero-order chi connectivity index (χ0) is 14.5. The van der Waals surface area contributed by atoms with Gasteiger partial charge in [-0.3, -0.25) is 0 Å². The van der Waals surface area contributed by atoms with Crippen molar-refractivity contribution in [3.63, 3.8) is 0 Å². The molecule has 0 bridgehead atoms. The van der Waals surface area contributed by atoms with E-state index in [0.29, 0.717) is 6.42 Å². The van der Waals surface area contributed by atoms with Crippen LogP contribution in [0.1, 0.15) is 46.1 Å². The Hall–Kier alpha value is -0.960. The molecule has 0 aromatic heterocycles. The predicted octanol–water partition coefficient (Wildman–Crippen LogP) is 4.31. The summed E-state index contributed by atoms with van der Waals surface area (Å²) in [6.07, 6.45) is 2.36. The molecule has 108 valence electrons. The molecule has 1 aromatic rings. The van der Waals surface area contributed by atoms with Crippen LogP contribution >= 0.6 is 0 Å². The van der Waals surface area contributed by atoms with E-state index in [4.69, 9.17) is 0 Å². The zero-order valence-electron chi connectivity index (χ0n) is 12.4. The number of rotatable bonds is 7. The molecule has 0 saturated heterocycles. The maximum Gasteiger partial charge on any atom is 0.129 e. The van der Waals surface area contributed by atoms with Gasteiger partial charge in [-0.1, -0.05) is 33.8 Å². The summed E-state index contributed by atoms with van der Waals surface area (Å²) in [7, 11) is 0. The molecule has 0 saturated carbocycles. The van der Waals surface area contributed by atoms with Gasteiger partial charge < -0.3 is 5.32 Å². The quantitative estimate of drug-likeness (QED) is 0.777. The maximum atomic E-state index is 13.8. The van der Waals surface area contributed by atoms with Gasteiger partial charge in [-0.25, -0.2) is 8.78 Å². The number of halogens is 2. The van der Waals surface area contributed by atoms with Crippen LogP contribution < -0.4 is 5.32 Å². The van der Waals surface area contributed by atoms with E-state index >= 15 is 0 Å². The Kier molecular flexibility index (Phi) is 5.92. The lowest BCUT2D eigenvalue weighted by Gasteiger charge is -2.34. The topological polar surface area (TPSA) is 12.0 Å². The molecule has 1 aromatic carbocycles. The van der Waals surface area contributed by atoms with Crippen LogP contribution in [0.3, 0.4) is 0 Å². The van der Waals surface area contributed by atoms with Gasteiger partial charge in [0.25, 0.3) is 0 Å². The normalized spacial score (nSPS) is 13.6. The fourth-order valence-corrected chi connectivity index (χ4v) is 2.12. The minimum Gasteiger partial charge on any atom is -0.313 e. The van der Waals surface area contributed by atoms with Crippen molar-refractivity contribution in [2.75, 3.05) is 6.54 Å². The van der Waals surface area contributed by atoms with Crippen LogP contribution in [0.4, 0.5) is 8.78 Å². The smallest absolute Gasteiger partial charge is 0.129 e. The van der Waals surface area contributed by atoms with Crippen molar-refractivity contribution in [3.8, 4) is 0 Å². The third-order valence-electron chi connectivity index (χ3n) is 3.97. The van der Waals surface area contributed by atoms with Gasteiger partial charge in [-0.15, -0.1) is 0 Å². The molecule has 1 nitrogen and oxygen atoms in total. The van der Waals surface area contributed by atoms with E-state index in [1.807, 2.05) is 0 Å². The minimum atomic E-state index is -0.449. The monoisotopic (exact) mass is 269 g/mol. The summed E-state index contributed by atoms with van der Waals surface area (Å²) >= 11 is 0. The second-order valence-corrected chi connectivity index (χ2v) is 5.75. The highest BCUT2D eigenvalue weighted by molar-refractivity contribution is 5.21. The molecule has 1 unspecified atom stereocenters. The van der Waals surface area contributed by atoms with Gasteiger partial charge in [0.1, 0.15) is 11.6 Å². The summed E-state index contributed by atoms with van der Waals surface area (Å²) in [5, 5.41) is 3.43. The Bertz CT molecular complexity index is 381. The lowest BCUT2D eigenvalue weighted by atomic mass is 9.78. The van der Waals surface area contributed by atoms with Gasteiger partial charge in [-0.05, 0) is 43.4 Å². The first-order valence-electron chi connectivity index (χ1n) is 7.08. The average Bonchev–Trinajstić information content (AvgIpc) is 2.37. The van der Waals surface area contributed by atoms with E-state index in [0.717, 1.165) is 19.4 Å². The van der Waals surface area contributed by atoms with Crippen LogP contribution in [0.25, 0.3) is 0 Å². The lowest BCUT2D eigenvalue weighted by Crippen LogP contribution is -2.44. The molecule has 0 aliphatic heterocycles. The third-order valence-corrected chi connectivity index (χ3v) is 3.97. The van der Waals surface area contributed by atoms with Crippen LogP contribution in [-0.4, -0.2) is 12.6 Å². The number of hydrogen-bond donors (Lipinski definition) is 1. The molecule has 0 aliphatic carbocycles. The molecule has 0 heterocycles. The Labute approximate surface area is 115 Å². The van der Waals surface area contributed by atoms with Gasteiger partial charge in [0.15, 0.2) is 0 Å². The van der Waals surface area contributed by atoms with Gasteiger partial charge in [-0.2, -0.15) is 0 Å². The number of nitrogens with one attached hydrogen (secondary N) is 1. The first-order chi connectivity index (χ1) is 8.92. The molecule has 1 atom stereocenters. The molecule has 1 rings (SSSR count). The lowest BCUT2D eigenvalue weighted by molar-refractivity contribution is 0.227. The summed E-state index contributed by atoms with van der Waals surface area (Å²) in [5.41, 5.74) is 0.196. The molecule has 1 N–H and O–H groups in total. The largest absolute Gasteiger partial charge is 0.313 e.